The van der Waals surface area contributed by atoms with Crippen LogP contribution in [0.5, 0.6) is 5.75 Å². The van der Waals surface area contributed by atoms with Gasteiger partial charge in [-0.3, -0.25) is 9.78 Å². The van der Waals surface area contributed by atoms with Gasteiger partial charge in [0, 0.05) is 16.1 Å². The fraction of sp³-hybridized carbons (Fsp3) is 0.211. The van der Waals surface area contributed by atoms with E-state index in [9.17, 15) is 4.79 Å². The van der Waals surface area contributed by atoms with Crippen LogP contribution < -0.4 is 10.3 Å². The van der Waals surface area contributed by atoms with E-state index in [1.807, 2.05) is 18.2 Å². The van der Waals surface area contributed by atoms with Gasteiger partial charge in [0.2, 0.25) is 5.58 Å². The van der Waals surface area contributed by atoms with Crippen molar-refractivity contribution in [3.05, 3.63) is 51.5 Å². The fourth-order valence-electron chi connectivity index (χ4n) is 2.70. The average molecular weight is 414 g/mol. The molecule has 0 unspecified atom stereocenters. The van der Waals surface area contributed by atoms with Gasteiger partial charge in [-0.2, -0.15) is 0 Å². The minimum atomic E-state index is -0.330. The molecule has 0 atom stereocenters. The number of H-pyrrole nitrogens is 1. The number of rotatable bonds is 4. The van der Waals surface area contributed by atoms with Crippen LogP contribution in [0.3, 0.4) is 0 Å². The van der Waals surface area contributed by atoms with Gasteiger partial charge in [0.15, 0.2) is 0 Å². The lowest BCUT2D eigenvalue weighted by atomic mass is 10.2. The van der Waals surface area contributed by atoms with Crippen molar-refractivity contribution in [3.63, 3.8) is 0 Å². The molecule has 0 amide bonds. The molecule has 0 saturated heterocycles. The third-order valence-corrected chi connectivity index (χ3v) is 4.39. The Hall–Kier alpha value is -2.67. The summed E-state index contributed by atoms with van der Waals surface area (Å²) < 4.78 is 12.4. The maximum absolute atomic E-state index is 12.5. The first-order valence-electron chi connectivity index (χ1n) is 8.22. The standard InChI is InChI=1S/C19H16BrN3O3/c1-10(2)9-25-15-8-21-6-5-12(15)18-22-16-13-7-11(20)3-4-14(13)26-17(16)19(24)23-18/h3-8,10H,9H2,1-2H3,(H,22,23,24). The first-order valence-corrected chi connectivity index (χ1v) is 9.01. The normalized spacial score (nSPS) is 11.5. The highest BCUT2D eigenvalue weighted by Crippen LogP contribution is 2.31. The molecule has 26 heavy (non-hydrogen) atoms. The summed E-state index contributed by atoms with van der Waals surface area (Å²) in [6.07, 6.45) is 3.28. The van der Waals surface area contributed by atoms with E-state index in [2.05, 4.69) is 44.7 Å². The third-order valence-electron chi connectivity index (χ3n) is 3.90. The van der Waals surface area contributed by atoms with Gasteiger partial charge in [0.25, 0.3) is 5.56 Å². The second-order valence-electron chi connectivity index (χ2n) is 6.41. The Labute approximate surface area is 157 Å². The van der Waals surface area contributed by atoms with E-state index < -0.39 is 0 Å². The Balaban J connectivity index is 1.92. The fourth-order valence-corrected chi connectivity index (χ4v) is 3.06. The zero-order valence-corrected chi connectivity index (χ0v) is 15.8. The van der Waals surface area contributed by atoms with Gasteiger partial charge in [0.05, 0.1) is 18.4 Å². The number of aromatic nitrogens is 3. The van der Waals surface area contributed by atoms with Crippen molar-refractivity contribution in [1.29, 1.82) is 0 Å². The van der Waals surface area contributed by atoms with Gasteiger partial charge in [-0.05, 0) is 30.2 Å². The van der Waals surface area contributed by atoms with Crippen molar-refractivity contribution >= 4 is 38.0 Å². The summed E-state index contributed by atoms with van der Waals surface area (Å²) in [4.78, 5) is 24.1. The monoisotopic (exact) mass is 413 g/mol. The molecule has 1 N–H and O–H groups in total. The molecule has 7 heteroatoms. The molecule has 0 radical (unpaired) electrons. The summed E-state index contributed by atoms with van der Waals surface area (Å²) in [6.45, 7) is 4.68. The second-order valence-corrected chi connectivity index (χ2v) is 7.33. The maximum Gasteiger partial charge on any atom is 0.294 e. The molecule has 0 aliphatic rings. The molecule has 0 fully saturated rings. The number of furan rings is 1. The summed E-state index contributed by atoms with van der Waals surface area (Å²) in [5.41, 5.74) is 1.70. The smallest absolute Gasteiger partial charge is 0.294 e. The Morgan fingerprint density at radius 1 is 1.31 bits per heavy atom. The number of halogens is 1. The molecule has 132 valence electrons. The first kappa shape index (κ1) is 16.8. The molecule has 4 aromatic rings. The second kappa shape index (κ2) is 6.57. The summed E-state index contributed by atoms with van der Waals surface area (Å²) in [5, 5.41) is 0.778. The third kappa shape index (κ3) is 2.99. The van der Waals surface area contributed by atoms with Crippen LogP contribution in [0.25, 0.3) is 33.5 Å². The largest absolute Gasteiger partial charge is 0.491 e. The zero-order valence-electron chi connectivity index (χ0n) is 14.2. The molecule has 0 saturated carbocycles. The molecule has 3 aromatic heterocycles. The van der Waals surface area contributed by atoms with Gasteiger partial charge in [-0.15, -0.1) is 0 Å². The van der Waals surface area contributed by atoms with E-state index >= 15 is 0 Å². The topological polar surface area (TPSA) is 81.0 Å². The Kier molecular flexibility index (Phi) is 4.24. The number of nitrogens with one attached hydrogen (secondary N) is 1. The van der Waals surface area contributed by atoms with Crippen LogP contribution in [0.1, 0.15) is 13.8 Å². The predicted octanol–water partition coefficient (Wildman–Crippen LogP) is 4.53. The van der Waals surface area contributed by atoms with E-state index in [-0.39, 0.29) is 11.1 Å². The van der Waals surface area contributed by atoms with Crippen molar-refractivity contribution in [2.45, 2.75) is 13.8 Å². The lowest BCUT2D eigenvalue weighted by Gasteiger charge is -2.12. The molecule has 0 aliphatic carbocycles. The van der Waals surface area contributed by atoms with Crippen LogP contribution in [0.4, 0.5) is 0 Å². The predicted molar refractivity (Wildman–Crippen MR) is 103 cm³/mol. The van der Waals surface area contributed by atoms with Crippen LogP contribution in [0, 0.1) is 5.92 Å². The zero-order chi connectivity index (χ0) is 18.3. The SMILES string of the molecule is CC(C)COc1cnccc1-c1nc2c(oc3ccc(Br)cc32)c(=O)[nH]1. The minimum absolute atomic E-state index is 0.209. The summed E-state index contributed by atoms with van der Waals surface area (Å²) in [5.74, 6) is 1.37. The molecular formula is C19H16BrN3O3. The van der Waals surface area contributed by atoms with Crippen LogP contribution >= 0.6 is 15.9 Å². The number of benzene rings is 1. The number of hydrogen-bond acceptors (Lipinski definition) is 5. The number of fused-ring (bicyclic) bond motifs is 3. The lowest BCUT2D eigenvalue weighted by molar-refractivity contribution is 0.271. The van der Waals surface area contributed by atoms with E-state index in [1.54, 1.807) is 18.5 Å². The van der Waals surface area contributed by atoms with E-state index in [0.717, 1.165) is 9.86 Å². The van der Waals surface area contributed by atoms with Crippen molar-refractivity contribution in [2.24, 2.45) is 5.92 Å². The molecule has 1 aromatic carbocycles. The number of ether oxygens (including phenoxy) is 1. The molecule has 3 heterocycles. The van der Waals surface area contributed by atoms with Crippen LogP contribution in [-0.4, -0.2) is 21.6 Å². The molecule has 6 nitrogen and oxygen atoms in total. The van der Waals surface area contributed by atoms with Crippen molar-refractivity contribution in [2.75, 3.05) is 6.61 Å². The van der Waals surface area contributed by atoms with Crippen molar-refractivity contribution in [3.8, 4) is 17.1 Å². The minimum Gasteiger partial charge on any atom is -0.491 e. The molecule has 0 aliphatic heterocycles. The summed E-state index contributed by atoms with van der Waals surface area (Å²) in [7, 11) is 0. The Morgan fingerprint density at radius 2 is 2.15 bits per heavy atom. The molecule has 4 rings (SSSR count). The van der Waals surface area contributed by atoms with Gasteiger partial charge in [-0.1, -0.05) is 29.8 Å². The van der Waals surface area contributed by atoms with Crippen LogP contribution in [0.15, 0.2) is 50.3 Å². The first-order chi connectivity index (χ1) is 12.5. The van der Waals surface area contributed by atoms with Crippen LogP contribution in [0.2, 0.25) is 0 Å². The van der Waals surface area contributed by atoms with Gasteiger partial charge >= 0.3 is 0 Å². The Morgan fingerprint density at radius 3 is 2.96 bits per heavy atom. The number of hydrogen-bond donors (Lipinski definition) is 1. The van der Waals surface area contributed by atoms with E-state index in [4.69, 9.17) is 9.15 Å². The van der Waals surface area contributed by atoms with E-state index in [0.29, 0.717) is 40.8 Å². The van der Waals surface area contributed by atoms with E-state index in [1.165, 1.54) is 0 Å². The quantitative estimate of drug-likeness (QED) is 0.531. The number of nitrogens with zero attached hydrogens (tertiary/aromatic N) is 2. The van der Waals surface area contributed by atoms with Gasteiger partial charge in [-0.25, -0.2) is 4.98 Å². The van der Waals surface area contributed by atoms with Gasteiger partial charge in [0.1, 0.15) is 22.7 Å². The lowest BCUT2D eigenvalue weighted by Crippen LogP contribution is -2.10. The summed E-state index contributed by atoms with van der Waals surface area (Å²) >= 11 is 3.45. The molecule has 0 spiro atoms. The molecular weight excluding hydrogens is 398 g/mol. The van der Waals surface area contributed by atoms with Crippen molar-refractivity contribution < 1.29 is 9.15 Å². The average Bonchev–Trinajstić information content (AvgIpc) is 2.99. The van der Waals surface area contributed by atoms with Gasteiger partial charge < -0.3 is 14.1 Å². The summed E-state index contributed by atoms with van der Waals surface area (Å²) in [6, 6.07) is 7.34. The van der Waals surface area contributed by atoms with Crippen LogP contribution in [-0.2, 0) is 0 Å². The number of pyridine rings is 1. The number of aromatic amines is 1. The highest BCUT2D eigenvalue weighted by Gasteiger charge is 2.16. The highest BCUT2D eigenvalue weighted by molar-refractivity contribution is 9.10. The molecule has 0 bridgehead atoms. The maximum atomic E-state index is 12.5. The highest BCUT2D eigenvalue weighted by atomic mass is 79.9. The Bertz CT molecular complexity index is 1160. The van der Waals surface area contributed by atoms with Crippen molar-refractivity contribution in [1.82, 2.24) is 15.0 Å².